The van der Waals surface area contributed by atoms with E-state index in [-0.39, 0.29) is 11.5 Å². The van der Waals surface area contributed by atoms with E-state index in [0.29, 0.717) is 5.56 Å². The highest BCUT2D eigenvalue weighted by atomic mass is 32.2. The van der Waals surface area contributed by atoms with Gasteiger partial charge in [0.2, 0.25) is 0 Å². The maximum atomic E-state index is 12.4. The van der Waals surface area contributed by atoms with Crippen LogP contribution < -0.4 is 0 Å². The van der Waals surface area contributed by atoms with Crippen LogP contribution >= 0.6 is 0 Å². The van der Waals surface area contributed by atoms with Crippen LogP contribution in [-0.2, 0) is 15.4 Å². The molecule has 0 atom stereocenters. The molecule has 0 aliphatic carbocycles. The van der Waals surface area contributed by atoms with Crippen molar-refractivity contribution in [1.29, 1.82) is 0 Å². The summed E-state index contributed by atoms with van der Waals surface area (Å²) in [6, 6.07) is 6.61. The van der Waals surface area contributed by atoms with Crippen LogP contribution in [0.3, 0.4) is 0 Å². The second-order valence-electron chi connectivity index (χ2n) is 5.46. The van der Waals surface area contributed by atoms with E-state index < -0.39 is 15.4 Å². The molecule has 1 heterocycles. The van der Waals surface area contributed by atoms with Crippen LogP contribution in [0.25, 0.3) is 0 Å². The third-order valence-corrected chi connectivity index (χ3v) is 4.86. The topological polar surface area (TPSA) is 72.2 Å². The predicted octanol–water partition coefficient (Wildman–Crippen LogP) is 1.70. The molecule has 0 spiro atoms. The van der Waals surface area contributed by atoms with Gasteiger partial charge >= 0.3 is 0 Å². The van der Waals surface area contributed by atoms with Gasteiger partial charge in [-0.15, -0.1) is 0 Å². The first-order valence-corrected chi connectivity index (χ1v) is 7.69. The van der Waals surface area contributed by atoms with Gasteiger partial charge in [0, 0.05) is 11.6 Å². The largest absolute Gasteiger partial charge is 0.395 e. The first kappa shape index (κ1) is 14.7. The molecule has 5 nitrogen and oxygen atoms in total. The minimum Gasteiger partial charge on any atom is -0.395 e. The summed E-state index contributed by atoms with van der Waals surface area (Å²) in [6.07, 6.45) is 2.92. The summed E-state index contributed by atoms with van der Waals surface area (Å²) in [5.41, 5.74) is 1.14. The van der Waals surface area contributed by atoms with E-state index in [9.17, 15) is 13.5 Å². The summed E-state index contributed by atoms with van der Waals surface area (Å²) in [5.74, 6) is 0. The molecule has 0 aliphatic rings. The molecule has 0 unspecified atom stereocenters. The zero-order chi connectivity index (χ0) is 15.0. The Kier molecular flexibility index (Phi) is 3.71. The highest BCUT2D eigenvalue weighted by molar-refractivity contribution is 7.89. The van der Waals surface area contributed by atoms with Crippen LogP contribution in [0.15, 0.2) is 41.6 Å². The monoisotopic (exact) mass is 294 g/mol. The zero-order valence-electron chi connectivity index (χ0n) is 11.7. The lowest BCUT2D eigenvalue weighted by atomic mass is 9.88. The van der Waals surface area contributed by atoms with Crippen LogP contribution in [0.1, 0.15) is 25.0 Å². The van der Waals surface area contributed by atoms with E-state index in [0.717, 1.165) is 9.65 Å². The molecule has 0 saturated heterocycles. The van der Waals surface area contributed by atoms with Gasteiger partial charge in [-0.2, -0.15) is 17.6 Å². The summed E-state index contributed by atoms with van der Waals surface area (Å²) < 4.78 is 25.8. The van der Waals surface area contributed by atoms with Gasteiger partial charge < -0.3 is 5.11 Å². The van der Waals surface area contributed by atoms with Crippen molar-refractivity contribution in [2.75, 3.05) is 6.61 Å². The molecule has 0 bridgehead atoms. The molecule has 2 rings (SSSR count). The lowest BCUT2D eigenvalue weighted by Gasteiger charge is -2.18. The maximum Gasteiger partial charge on any atom is 0.282 e. The van der Waals surface area contributed by atoms with E-state index in [1.165, 1.54) is 12.4 Å². The molecule has 1 aromatic heterocycles. The average Bonchev–Trinajstić information content (AvgIpc) is 2.90. The Bertz CT molecular complexity index is 700. The van der Waals surface area contributed by atoms with Crippen LogP contribution in [0.4, 0.5) is 0 Å². The molecule has 1 aromatic carbocycles. The number of aryl methyl sites for hydroxylation is 1. The number of hydrogen-bond donors (Lipinski definition) is 1. The first-order chi connectivity index (χ1) is 9.27. The lowest BCUT2D eigenvalue weighted by Crippen LogP contribution is -2.21. The number of aromatic nitrogens is 2. The minimum absolute atomic E-state index is 0.0801. The normalized spacial score (nSPS) is 12.6. The molecule has 0 aliphatic heterocycles. The van der Waals surface area contributed by atoms with Crippen molar-refractivity contribution >= 4 is 10.0 Å². The van der Waals surface area contributed by atoms with Crippen LogP contribution in [0.2, 0.25) is 0 Å². The summed E-state index contributed by atoms with van der Waals surface area (Å²) >= 11 is 0. The molecule has 0 radical (unpaired) electrons. The zero-order valence-corrected chi connectivity index (χ0v) is 12.6. The van der Waals surface area contributed by atoms with Crippen molar-refractivity contribution in [1.82, 2.24) is 9.19 Å². The third-order valence-electron chi connectivity index (χ3n) is 3.30. The molecule has 20 heavy (non-hydrogen) atoms. The van der Waals surface area contributed by atoms with Gasteiger partial charge in [0.25, 0.3) is 10.0 Å². The number of hydrogen-bond acceptors (Lipinski definition) is 4. The fourth-order valence-corrected chi connectivity index (χ4v) is 2.81. The number of aliphatic hydroxyl groups excluding tert-OH is 1. The van der Waals surface area contributed by atoms with Crippen molar-refractivity contribution in [2.45, 2.75) is 31.1 Å². The minimum atomic E-state index is -3.68. The number of aliphatic hydroxyl groups is 1. The molecular formula is C14H18N2O3S. The first-order valence-electron chi connectivity index (χ1n) is 6.25. The SMILES string of the molecule is Cc1ccc(S(=O)(=O)n2cc(C(C)(C)CO)cn2)cc1. The Labute approximate surface area is 118 Å². The molecule has 0 amide bonds. The van der Waals surface area contributed by atoms with Gasteiger partial charge in [0.15, 0.2) is 0 Å². The van der Waals surface area contributed by atoms with Crippen LogP contribution in [0, 0.1) is 6.92 Å². The smallest absolute Gasteiger partial charge is 0.282 e. The van der Waals surface area contributed by atoms with Gasteiger partial charge in [-0.1, -0.05) is 31.5 Å². The van der Waals surface area contributed by atoms with E-state index >= 15 is 0 Å². The highest BCUT2D eigenvalue weighted by Crippen LogP contribution is 2.23. The van der Waals surface area contributed by atoms with E-state index in [1.807, 2.05) is 20.8 Å². The Morgan fingerprint density at radius 2 is 1.85 bits per heavy atom. The lowest BCUT2D eigenvalue weighted by molar-refractivity contribution is 0.218. The molecule has 2 aromatic rings. The van der Waals surface area contributed by atoms with Crippen LogP contribution in [-0.4, -0.2) is 29.3 Å². The Balaban J connectivity index is 2.43. The number of benzene rings is 1. The second kappa shape index (κ2) is 5.03. The summed E-state index contributed by atoms with van der Waals surface area (Å²) in [5, 5.41) is 13.2. The van der Waals surface area contributed by atoms with Crippen LogP contribution in [0.5, 0.6) is 0 Å². The van der Waals surface area contributed by atoms with Gasteiger partial charge in [-0.3, -0.25) is 0 Å². The molecule has 0 saturated carbocycles. The van der Waals surface area contributed by atoms with Gasteiger partial charge in [0.1, 0.15) is 0 Å². The molecule has 1 N–H and O–H groups in total. The quantitative estimate of drug-likeness (QED) is 0.931. The number of rotatable bonds is 4. The molecule has 0 fully saturated rings. The Hall–Kier alpha value is -1.66. The van der Waals surface area contributed by atoms with E-state index in [1.54, 1.807) is 24.3 Å². The molecule has 108 valence electrons. The van der Waals surface area contributed by atoms with Crippen molar-refractivity contribution in [3.8, 4) is 0 Å². The number of nitrogens with zero attached hydrogens (tertiary/aromatic N) is 2. The second-order valence-corrected chi connectivity index (χ2v) is 7.26. The Morgan fingerprint density at radius 3 is 2.40 bits per heavy atom. The standard InChI is InChI=1S/C14H18N2O3S/c1-11-4-6-13(7-5-11)20(18,19)16-9-12(8-15-16)14(2,3)10-17/h4-9,17H,10H2,1-3H3. The van der Waals surface area contributed by atoms with Gasteiger partial charge in [-0.25, -0.2) is 0 Å². The molecular weight excluding hydrogens is 276 g/mol. The van der Waals surface area contributed by atoms with E-state index in [2.05, 4.69) is 5.10 Å². The molecule has 6 heteroatoms. The van der Waals surface area contributed by atoms with Crippen molar-refractivity contribution in [3.05, 3.63) is 47.8 Å². The summed E-state index contributed by atoms with van der Waals surface area (Å²) in [7, 11) is -3.68. The van der Waals surface area contributed by atoms with Gasteiger partial charge in [0.05, 0.1) is 17.7 Å². The fourth-order valence-electron chi connectivity index (χ4n) is 1.70. The average molecular weight is 294 g/mol. The fraction of sp³-hybridized carbons (Fsp3) is 0.357. The van der Waals surface area contributed by atoms with Crippen molar-refractivity contribution < 1.29 is 13.5 Å². The third kappa shape index (κ3) is 2.62. The van der Waals surface area contributed by atoms with E-state index in [4.69, 9.17) is 0 Å². The summed E-state index contributed by atoms with van der Waals surface area (Å²) in [6.45, 7) is 5.47. The van der Waals surface area contributed by atoms with Gasteiger partial charge in [-0.05, 0) is 24.6 Å². The predicted molar refractivity (Wildman–Crippen MR) is 76.1 cm³/mol. The highest BCUT2D eigenvalue weighted by Gasteiger charge is 2.24. The van der Waals surface area contributed by atoms with Crippen molar-refractivity contribution in [3.63, 3.8) is 0 Å². The summed E-state index contributed by atoms with van der Waals surface area (Å²) in [4.78, 5) is 0.194. The van der Waals surface area contributed by atoms with Crippen molar-refractivity contribution in [2.24, 2.45) is 0 Å². The maximum absolute atomic E-state index is 12.4. The Morgan fingerprint density at radius 1 is 1.25 bits per heavy atom.